The van der Waals surface area contributed by atoms with Crippen molar-refractivity contribution in [3.05, 3.63) is 12.7 Å². The van der Waals surface area contributed by atoms with Crippen molar-refractivity contribution >= 4 is 23.0 Å². The summed E-state index contributed by atoms with van der Waals surface area (Å²) in [7, 11) is 0. The molecule has 1 saturated heterocycles. The van der Waals surface area contributed by atoms with E-state index >= 15 is 0 Å². The first-order valence-corrected chi connectivity index (χ1v) is 7.48. The summed E-state index contributed by atoms with van der Waals surface area (Å²) in [5, 5.41) is 22.7. The number of hydrogen-bond acceptors (Lipinski definition) is 7. The molecule has 8 heteroatoms. The SMILES string of the molecule is C=CC1OC2SC(NC(=O)OC(C)(C)C)=NC2C(O)C1O. The van der Waals surface area contributed by atoms with E-state index < -0.39 is 41.5 Å². The number of aliphatic hydroxyl groups is 2. The van der Waals surface area contributed by atoms with Crippen molar-refractivity contribution < 1.29 is 24.5 Å². The first-order valence-electron chi connectivity index (χ1n) is 6.60. The van der Waals surface area contributed by atoms with Gasteiger partial charge in [-0.15, -0.1) is 6.58 Å². The molecule has 2 rings (SSSR count). The van der Waals surface area contributed by atoms with E-state index in [2.05, 4.69) is 16.9 Å². The molecule has 0 spiro atoms. The average molecular weight is 316 g/mol. The molecule has 2 aliphatic heterocycles. The molecule has 0 aromatic rings. The van der Waals surface area contributed by atoms with Crippen molar-refractivity contribution in [1.29, 1.82) is 0 Å². The average Bonchev–Trinajstić information content (AvgIpc) is 2.74. The fourth-order valence-corrected chi connectivity index (χ4v) is 3.12. The third kappa shape index (κ3) is 3.76. The van der Waals surface area contributed by atoms with Gasteiger partial charge in [0.25, 0.3) is 0 Å². The monoisotopic (exact) mass is 316 g/mol. The van der Waals surface area contributed by atoms with Crippen molar-refractivity contribution in [3.8, 4) is 0 Å². The van der Waals surface area contributed by atoms with Crippen LogP contribution in [-0.4, -0.2) is 56.9 Å². The second-order valence-electron chi connectivity index (χ2n) is 5.86. The van der Waals surface area contributed by atoms with Crippen molar-refractivity contribution in [2.24, 2.45) is 4.99 Å². The number of aliphatic imine (C=N–C) groups is 1. The maximum atomic E-state index is 11.7. The van der Waals surface area contributed by atoms with Crippen LogP contribution in [0, 0.1) is 0 Å². The highest BCUT2D eigenvalue weighted by atomic mass is 32.2. The lowest BCUT2D eigenvalue weighted by atomic mass is 9.98. The number of nitrogens with zero attached hydrogens (tertiary/aromatic N) is 1. The number of amides is 1. The molecule has 0 saturated carbocycles. The van der Waals surface area contributed by atoms with Crippen LogP contribution in [0.25, 0.3) is 0 Å². The van der Waals surface area contributed by atoms with Gasteiger partial charge in [0.1, 0.15) is 35.4 Å². The number of ether oxygens (including phenoxy) is 2. The third-order valence-corrected chi connectivity index (χ3v) is 3.99. The highest BCUT2D eigenvalue weighted by Crippen LogP contribution is 2.36. The lowest BCUT2D eigenvalue weighted by molar-refractivity contribution is -0.135. The Morgan fingerprint density at radius 2 is 2.14 bits per heavy atom. The maximum absolute atomic E-state index is 11.7. The molecule has 0 aliphatic carbocycles. The van der Waals surface area contributed by atoms with Gasteiger partial charge in [-0.3, -0.25) is 10.3 Å². The van der Waals surface area contributed by atoms with Crippen molar-refractivity contribution in [1.82, 2.24) is 5.32 Å². The Labute approximate surface area is 127 Å². The summed E-state index contributed by atoms with van der Waals surface area (Å²) in [6, 6.07) is -0.633. The largest absolute Gasteiger partial charge is 0.444 e. The van der Waals surface area contributed by atoms with Crippen LogP contribution in [0.4, 0.5) is 4.79 Å². The molecule has 5 atom stereocenters. The van der Waals surface area contributed by atoms with E-state index in [4.69, 9.17) is 9.47 Å². The number of aliphatic hydroxyl groups excluding tert-OH is 2. The molecule has 7 nitrogen and oxygen atoms in total. The number of rotatable bonds is 1. The lowest BCUT2D eigenvalue weighted by Crippen LogP contribution is -2.53. The molecule has 2 aliphatic rings. The topological polar surface area (TPSA) is 100 Å². The molecule has 0 bridgehead atoms. The van der Waals surface area contributed by atoms with Gasteiger partial charge in [-0.25, -0.2) is 4.79 Å². The number of carbonyl (C=O) groups is 1. The Hall–Kier alpha value is -1.09. The Morgan fingerprint density at radius 3 is 2.71 bits per heavy atom. The molecular formula is C13H20N2O5S. The van der Waals surface area contributed by atoms with E-state index in [1.807, 2.05) is 0 Å². The number of amidine groups is 1. The molecule has 1 amide bonds. The Balaban J connectivity index is 2.00. The van der Waals surface area contributed by atoms with Crippen LogP contribution in [0.2, 0.25) is 0 Å². The first kappa shape index (κ1) is 16.3. The third-order valence-electron chi connectivity index (χ3n) is 2.94. The van der Waals surface area contributed by atoms with Crippen LogP contribution >= 0.6 is 11.8 Å². The standard InChI is InChI=1S/C13H20N2O5S/c1-5-6-8(16)9(17)7-10(19-6)21-11(14-7)15-12(18)20-13(2,3)4/h5-10,16-17H,1H2,2-4H3,(H,14,15,18). The van der Waals surface area contributed by atoms with E-state index in [1.54, 1.807) is 20.8 Å². The molecular weight excluding hydrogens is 296 g/mol. The molecule has 21 heavy (non-hydrogen) atoms. The summed E-state index contributed by atoms with van der Waals surface area (Å²) in [5.41, 5.74) is -1.09. The molecule has 0 radical (unpaired) electrons. The minimum Gasteiger partial charge on any atom is -0.444 e. The van der Waals surface area contributed by atoms with Gasteiger partial charge in [-0.1, -0.05) is 17.8 Å². The maximum Gasteiger partial charge on any atom is 0.413 e. The first-order chi connectivity index (χ1) is 9.71. The van der Waals surface area contributed by atoms with Gasteiger partial charge in [-0.05, 0) is 20.8 Å². The van der Waals surface area contributed by atoms with Crippen molar-refractivity contribution in [2.75, 3.05) is 0 Å². The molecule has 3 N–H and O–H groups in total. The van der Waals surface area contributed by atoms with Crippen LogP contribution in [0.1, 0.15) is 20.8 Å². The minimum atomic E-state index is -1.09. The Bertz CT molecular complexity index is 462. The smallest absolute Gasteiger partial charge is 0.413 e. The zero-order valence-corrected chi connectivity index (χ0v) is 13.0. The second kappa shape index (κ2) is 5.96. The van der Waals surface area contributed by atoms with E-state index in [1.165, 1.54) is 17.8 Å². The predicted molar refractivity (Wildman–Crippen MR) is 79.1 cm³/mol. The van der Waals surface area contributed by atoms with Crippen LogP contribution in [0.5, 0.6) is 0 Å². The molecule has 0 aromatic heterocycles. The molecule has 0 aromatic carbocycles. The number of hydrogen-bond donors (Lipinski definition) is 3. The Kier molecular flexibility index (Phi) is 4.62. The summed E-state index contributed by atoms with van der Waals surface area (Å²) < 4.78 is 10.7. The number of nitrogens with one attached hydrogen (secondary N) is 1. The van der Waals surface area contributed by atoms with Gasteiger partial charge in [-0.2, -0.15) is 0 Å². The van der Waals surface area contributed by atoms with E-state index in [0.717, 1.165) is 0 Å². The molecule has 1 fully saturated rings. The quantitative estimate of drug-likeness (QED) is 0.613. The van der Waals surface area contributed by atoms with Crippen LogP contribution in [-0.2, 0) is 9.47 Å². The summed E-state index contributed by atoms with van der Waals surface area (Å²) in [6.07, 6.45) is -2.01. The van der Waals surface area contributed by atoms with Crippen LogP contribution < -0.4 is 5.32 Å². The summed E-state index contributed by atoms with van der Waals surface area (Å²) in [5.74, 6) is 0. The zero-order valence-electron chi connectivity index (χ0n) is 12.1. The molecule has 118 valence electrons. The van der Waals surface area contributed by atoms with Gasteiger partial charge < -0.3 is 19.7 Å². The fraction of sp³-hybridized carbons (Fsp3) is 0.692. The van der Waals surface area contributed by atoms with E-state index in [9.17, 15) is 15.0 Å². The fourth-order valence-electron chi connectivity index (χ4n) is 2.03. The second-order valence-corrected chi connectivity index (χ2v) is 6.94. The summed E-state index contributed by atoms with van der Waals surface area (Å²) >= 11 is 1.17. The van der Waals surface area contributed by atoms with Crippen LogP contribution in [0.15, 0.2) is 17.6 Å². The van der Waals surface area contributed by atoms with Crippen molar-refractivity contribution in [3.63, 3.8) is 0 Å². The van der Waals surface area contributed by atoms with E-state index in [0.29, 0.717) is 5.17 Å². The predicted octanol–water partition coefficient (Wildman–Crippen LogP) is 0.615. The normalized spacial score (nSPS) is 35.7. The summed E-state index contributed by atoms with van der Waals surface area (Å²) in [6.45, 7) is 8.83. The van der Waals surface area contributed by atoms with Gasteiger partial charge in [0.2, 0.25) is 0 Å². The van der Waals surface area contributed by atoms with Gasteiger partial charge in [0.05, 0.1) is 0 Å². The Morgan fingerprint density at radius 1 is 1.48 bits per heavy atom. The number of carbonyl (C=O) groups excluding carboxylic acids is 1. The highest BCUT2D eigenvalue weighted by molar-refractivity contribution is 8.14. The van der Waals surface area contributed by atoms with Gasteiger partial charge in [0.15, 0.2) is 5.17 Å². The minimum absolute atomic E-state index is 0.301. The summed E-state index contributed by atoms with van der Waals surface area (Å²) in [4.78, 5) is 15.9. The van der Waals surface area contributed by atoms with Crippen LogP contribution in [0.3, 0.4) is 0 Å². The van der Waals surface area contributed by atoms with E-state index in [-0.39, 0.29) is 0 Å². The molecule has 2 heterocycles. The van der Waals surface area contributed by atoms with Gasteiger partial charge >= 0.3 is 6.09 Å². The van der Waals surface area contributed by atoms with Gasteiger partial charge in [0, 0.05) is 0 Å². The highest BCUT2D eigenvalue weighted by Gasteiger charge is 2.47. The van der Waals surface area contributed by atoms with Crippen molar-refractivity contribution in [2.45, 2.75) is 56.2 Å². The lowest BCUT2D eigenvalue weighted by Gasteiger charge is -2.36. The number of fused-ring (bicyclic) bond motifs is 1. The zero-order chi connectivity index (χ0) is 15.8. The number of thioether (sulfide) groups is 1. The molecule has 5 unspecified atom stereocenters. The number of alkyl carbamates (subject to hydrolysis) is 1.